The topological polar surface area (TPSA) is 66.9 Å². The van der Waals surface area contributed by atoms with E-state index in [2.05, 4.69) is 27.2 Å². The summed E-state index contributed by atoms with van der Waals surface area (Å²) >= 11 is 1.34. The van der Waals surface area contributed by atoms with Crippen molar-refractivity contribution in [2.75, 3.05) is 18.9 Å². The van der Waals surface area contributed by atoms with Crippen molar-refractivity contribution in [2.24, 2.45) is 0 Å². The van der Waals surface area contributed by atoms with Gasteiger partial charge in [-0.2, -0.15) is 0 Å². The summed E-state index contributed by atoms with van der Waals surface area (Å²) in [4.78, 5) is 20.8. The molecule has 21 heavy (non-hydrogen) atoms. The highest BCUT2D eigenvalue weighted by molar-refractivity contribution is 8.00. The number of carbonyl (C=O) groups is 1. The zero-order chi connectivity index (χ0) is 15.2. The van der Waals surface area contributed by atoms with Gasteiger partial charge in [-0.3, -0.25) is 4.79 Å². The lowest BCUT2D eigenvalue weighted by atomic mass is 10.2. The number of carbonyl (C=O) groups excluding carboxylic acids is 1. The number of amides is 1. The van der Waals surface area contributed by atoms with Gasteiger partial charge in [0.05, 0.1) is 10.8 Å². The highest BCUT2D eigenvalue weighted by Crippen LogP contribution is 2.26. The van der Waals surface area contributed by atoms with Crippen molar-refractivity contribution in [3.8, 4) is 0 Å². The monoisotopic (exact) mass is 302 g/mol. The number of nitrogens with zero attached hydrogens (tertiary/aromatic N) is 2. The van der Waals surface area contributed by atoms with Crippen LogP contribution < -0.4 is 10.6 Å². The Bertz CT molecular complexity index is 659. The van der Waals surface area contributed by atoms with Gasteiger partial charge in [-0.15, -0.1) is 6.58 Å². The van der Waals surface area contributed by atoms with E-state index < -0.39 is 0 Å². The number of para-hydroxylation sites is 1. The maximum absolute atomic E-state index is 11.9. The van der Waals surface area contributed by atoms with Crippen molar-refractivity contribution >= 4 is 34.4 Å². The first-order valence-corrected chi connectivity index (χ1v) is 7.53. The van der Waals surface area contributed by atoms with Gasteiger partial charge in [-0.1, -0.05) is 30.0 Å². The standard InChI is InChI=1S/C15H18N4OS/c1-4-9-17-14(20)10(2)21-15-18-12-8-6-5-7-11(12)13(16-3)19-15/h4-8,10H,1,9H2,2-3H3,(H,17,20)(H,16,18,19)/t10-/m1/s1. The summed E-state index contributed by atoms with van der Waals surface area (Å²) < 4.78 is 0. The molecule has 5 nitrogen and oxygen atoms in total. The Morgan fingerprint density at radius 1 is 1.43 bits per heavy atom. The van der Waals surface area contributed by atoms with E-state index in [1.807, 2.05) is 38.2 Å². The van der Waals surface area contributed by atoms with Gasteiger partial charge in [0.2, 0.25) is 5.91 Å². The van der Waals surface area contributed by atoms with E-state index in [0.29, 0.717) is 11.7 Å². The molecule has 0 aliphatic carbocycles. The number of hydrogen-bond donors (Lipinski definition) is 2. The maximum Gasteiger partial charge on any atom is 0.233 e. The molecule has 110 valence electrons. The minimum Gasteiger partial charge on any atom is -0.372 e. The SMILES string of the molecule is C=CCNC(=O)[C@@H](C)Sc1nc(NC)c2ccccc2n1. The molecule has 2 aromatic rings. The molecule has 0 fully saturated rings. The van der Waals surface area contributed by atoms with Gasteiger partial charge < -0.3 is 10.6 Å². The third-order valence-electron chi connectivity index (χ3n) is 2.89. The fourth-order valence-electron chi connectivity index (χ4n) is 1.83. The lowest BCUT2D eigenvalue weighted by molar-refractivity contribution is -0.120. The van der Waals surface area contributed by atoms with E-state index in [1.165, 1.54) is 11.8 Å². The fourth-order valence-corrected chi connectivity index (χ4v) is 2.63. The smallest absolute Gasteiger partial charge is 0.233 e. The van der Waals surface area contributed by atoms with Crippen molar-refractivity contribution < 1.29 is 4.79 Å². The maximum atomic E-state index is 11.9. The number of rotatable bonds is 6. The summed E-state index contributed by atoms with van der Waals surface area (Å²) in [5.74, 6) is 0.712. The lowest BCUT2D eigenvalue weighted by Crippen LogP contribution is -2.31. The van der Waals surface area contributed by atoms with Crippen molar-refractivity contribution in [3.63, 3.8) is 0 Å². The summed E-state index contributed by atoms with van der Waals surface area (Å²) in [6.45, 7) is 5.87. The van der Waals surface area contributed by atoms with Gasteiger partial charge in [0, 0.05) is 19.0 Å². The molecule has 0 spiro atoms. The first kappa shape index (κ1) is 15.3. The van der Waals surface area contributed by atoms with Crippen LogP contribution in [0.1, 0.15) is 6.92 Å². The van der Waals surface area contributed by atoms with Gasteiger partial charge in [0.25, 0.3) is 0 Å². The normalized spacial score (nSPS) is 11.9. The lowest BCUT2D eigenvalue weighted by Gasteiger charge is -2.12. The fraction of sp³-hybridized carbons (Fsp3) is 0.267. The zero-order valence-corrected chi connectivity index (χ0v) is 12.9. The van der Waals surface area contributed by atoms with E-state index in [4.69, 9.17) is 0 Å². The van der Waals surface area contributed by atoms with Gasteiger partial charge >= 0.3 is 0 Å². The number of thioether (sulfide) groups is 1. The Morgan fingerprint density at radius 2 is 2.19 bits per heavy atom. The molecule has 0 bridgehead atoms. The average molecular weight is 302 g/mol. The highest BCUT2D eigenvalue weighted by atomic mass is 32.2. The molecule has 1 atom stereocenters. The minimum atomic E-state index is -0.268. The van der Waals surface area contributed by atoms with Crippen LogP contribution in [-0.4, -0.2) is 34.7 Å². The average Bonchev–Trinajstić information content (AvgIpc) is 2.51. The molecule has 0 saturated carbocycles. The first-order valence-electron chi connectivity index (χ1n) is 6.65. The minimum absolute atomic E-state index is 0.0531. The molecule has 1 aromatic heterocycles. The largest absolute Gasteiger partial charge is 0.372 e. The molecule has 1 heterocycles. The molecule has 0 saturated heterocycles. The van der Waals surface area contributed by atoms with Gasteiger partial charge in [0.15, 0.2) is 5.16 Å². The molecule has 2 rings (SSSR count). The van der Waals surface area contributed by atoms with Crippen LogP contribution in [0.2, 0.25) is 0 Å². The van der Waals surface area contributed by atoms with E-state index in [-0.39, 0.29) is 11.2 Å². The predicted octanol–water partition coefficient (Wildman–Crippen LogP) is 2.45. The van der Waals surface area contributed by atoms with Gasteiger partial charge in [-0.05, 0) is 19.1 Å². The Labute approximate surface area is 128 Å². The third kappa shape index (κ3) is 3.72. The second kappa shape index (κ2) is 7.08. The summed E-state index contributed by atoms with van der Waals surface area (Å²) in [7, 11) is 1.82. The molecule has 0 unspecified atom stereocenters. The van der Waals surface area contributed by atoms with Crippen molar-refractivity contribution in [1.82, 2.24) is 15.3 Å². The Morgan fingerprint density at radius 3 is 2.90 bits per heavy atom. The van der Waals surface area contributed by atoms with Crippen LogP contribution in [0.3, 0.4) is 0 Å². The van der Waals surface area contributed by atoms with E-state index in [0.717, 1.165) is 16.7 Å². The zero-order valence-electron chi connectivity index (χ0n) is 12.1. The van der Waals surface area contributed by atoms with Gasteiger partial charge in [-0.25, -0.2) is 9.97 Å². The molecule has 2 N–H and O–H groups in total. The Hall–Kier alpha value is -2.08. The number of aromatic nitrogens is 2. The third-order valence-corrected chi connectivity index (χ3v) is 3.85. The summed E-state index contributed by atoms with van der Waals surface area (Å²) in [6, 6.07) is 7.79. The molecular weight excluding hydrogens is 284 g/mol. The number of anilines is 1. The second-order valence-electron chi connectivity index (χ2n) is 4.42. The van der Waals surface area contributed by atoms with E-state index >= 15 is 0 Å². The molecule has 1 amide bonds. The molecule has 1 aromatic carbocycles. The Balaban J connectivity index is 2.22. The van der Waals surface area contributed by atoms with Crippen LogP contribution in [-0.2, 0) is 4.79 Å². The first-order chi connectivity index (χ1) is 10.2. The summed E-state index contributed by atoms with van der Waals surface area (Å²) in [6.07, 6.45) is 1.65. The quantitative estimate of drug-likeness (QED) is 0.487. The van der Waals surface area contributed by atoms with Crippen LogP contribution >= 0.6 is 11.8 Å². The summed E-state index contributed by atoms with van der Waals surface area (Å²) in [5.41, 5.74) is 0.859. The van der Waals surface area contributed by atoms with Crippen molar-refractivity contribution in [3.05, 3.63) is 36.9 Å². The van der Waals surface area contributed by atoms with Crippen LogP contribution in [0.4, 0.5) is 5.82 Å². The molecule has 0 aliphatic rings. The van der Waals surface area contributed by atoms with Crippen molar-refractivity contribution in [2.45, 2.75) is 17.3 Å². The van der Waals surface area contributed by atoms with E-state index in [9.17, 15) is 4.79 Å². The summed E-state index contributed by atoms with van der Waals surface area (Å²) in [5, 5.41) is 7.12. The van der Waals surface area contributed by atoms with Crippen LogP contribution in [0.25, 0.3) is 10.9 Å². The second-order valence-corrected chi connectivity index (χ2v) is 5.72. The number of nitrogens with one attached hydrogen (secondary N) is 2. The molecule has 0 aliphatic heterocycles. The molecule has 0 radical (unpaired) electrons. The highest BCUT2D eigenvalue weighted by Gasteiger charge is 2.16. The number of benzene rings is 1. The Kier molecular flexibility index (Phi) is 5.16. The predicted molar refractivity (Wildman–Crippen MR) is 87.6 cm³/mol. The number of fused-ring (bicyclic) bond motifs is 1. The van der Waals surface area contributed by atoms with Crippen LogP contribution in [0, 0.1) is 0 Å². The molecular formula is C15H18N4OS. The van der Waals surface area contributed by atoms with Crippen molar-refractivity contribution in [1.29, 1.82) is 0 Å². The van der Waals surface area contributed by atoms with E-state index in [1.54, 1.807) is 6.08 Å². The molecule has 6 heteroatoms. The van der Waals surface area contributed by atoms with Crippen LogP contribution in [0.5, 0.6) is 0 Å². The van der Waals surface area contributed by atoms with Crippen LogP contribution in [0.15, 0.2) is 42.1 Å². The number of hydrogen-bond acceptors (Lipinski definition) is 5. The van der Waals surface area contributed by atoms with Gasteiger partial charge in [0.1, 0.15) is 5.82 Å².